The van der Waals surface area contributed by atoms with E-state index in [9.17, 15) is 5.11 Å². The molecular formula is C14H25BrOTe. The fraction of sp³-hybridized carbons (Fsp3) is 0.857. The minimum absolute atomic E-state index is 0.0655. The van der Waals surface area contributed by atoms with Crippen LogP contribution in [0.25, 0.3) is 0 Å². The van der Waals surface area contributed by atoms with E-state index in [1.54, 1.807) is 0 Å². The van der Waals surface area contributed by atoms with Gasteiger partial charge in [-0.05, 0) is 0 Å². The van der Waals surface area contributed by atoms with Gasteiger partial charge in [-0.1, -0.05) is 0 Å². The molecule has 0 radical (unpaired) electrons. The molecule has 0 aromatic carbocycles. The quantitative estimate of drug-likeness (QED) is 0.534. The summed E-state index contributed by atoms with van der Waals surface area (Å²) in [5.41, 5.74) is 0.522. The topological polar surface area (TPSA) is 20.2 Å². The van der Waals surface area contributed by atoms with E-state index in [1.807, 2.05) is 0 Å². The van der Waals surface area contributed by atoms with Crippen LogP contribution in [0.5, 0.6) is 0 Å². The first-order valence-electron chi connectivity index (χ1n) is 6.47. The van der Waals surface area contributed by atoms with Crippen molar-refractivity contribution in [3.05, 3.63) is 12.7 Å². The maximum absolute atomic E-state index is 10.5. The van der Waals surface area contributed by atoms with Crippen molar-refractivity contribution in [1.82, 2.24) is 0 Å². The number of aliphatic hydroxyl groups excluding tert-OH is 1. The standard InChI is InChI=1S/C14H25BrOTe/c1-5-8-17(4,15)10-14-7-6-11(9-12(14)16)13(14,2)3/h5,11-12,16H,1,6-10H2,2-4H3. The second-order valence-electron chi connectivity index (χ2n) is 6.62. The molecule has 0 spiro atoms. The van der Waals surface area contributed by atoms with Crippen LogP contribution < -0.4 is 0 Å². The van der Waals surface area contributed by atoms with Crippen molar-refractivity contribution in [2.24, 2.45) is 16.7 Å². The third-order valence-electron chi connectivity index (χ3n) is 5.41. The van der Waals surface area contributed by atoms with Crippen molar-refractivity contribution >= 4 is 28.7 Å². The van der Waals surface area contributed by atoms with E-state index in [2.05, 4.69) is 44.2 Å². The van der Waals surface area contributed by atoms with Gasteiger partial charge in [-0.25, -0.2) is 0 Å². The molecule has 0 aliphatic heterocycles. The van der Waals surface area contributed by atoms with Crippen LogP contribution in [0.4, 0.5) is 0 Å². The monoisotopic (exact) mass is 418 g/mol. The molecule has 2 rings (SSSR count). The Balaban J connectivity index is 2.26. The van der Waals surface area contributed by atoms with E-state index < -0.39 is 16.0 Å². The zero-order chi connectivity index (χ0) is 12.9. The van der Waals surface area contributed by atoms with E-state index in [0.29, 0.717) is 5.41 Å². The molecule has 1 N–H and O–H groups in total. The van der Waals surface area contributed by atoms with Gasteiger partial charge < -0.3 is 0 Å². The van der Waals surface area contributed by atoms with Gasteiger partial charge in [0.15, 0.2) is 0 Å². The molecular weight excluding hydrogens is 392 g/mol. The van der Waals surface area contributed by atoms with Gasteiger partial charge >= 0.3 is 116 Å². The summed E-state index contributed by atoms with van der Waals surface area (Å²) in [5, 5.41) is 10.5. The molecule has 0 amide bonds. The summed E-state index contributed by atoms with van der Waals surface area (Å²) in [6.45, 7) is 8.67. The molecule has 4 atom stereocenters. The summed E-state index contributed by atoms with van der Waals surface area (Å²) in [7, 11) is 0. The number of hydrogen-bond donors (Lipinski definition) is 1. The maximum atomic E-state index is 10.5. The minimum atomic E-state index is -1.99. The average Bonchev–Trinajstić information content (AvgIpc) is 2.50. The van der Waals surface area contributed by atoms with Crippen LogP contribution in [0, 0.1) is 16.7 Å². The molecule has 2 aliphatic rings. The summed E-state index contributed by atoms with van der Waals surface area (Å²) in [4.78, 5) is 2.42. The molecule has 0 aromatic heterocycles. The van der Waals surface area contributed by atoms with Gasteiger partial charge in [-0.3, -0.25) is 0 Å². The summed E-state index contributed by atoms with van der Waals surface area (Å²) in [6, 6.07) is 0. The number of allylic oxidation sites excluding steroid dienone is 1. The van der Waals surface area contributed by atoms with Crippen LogP contribution >= 0.6 is 12.8 Å². The van der Waals surface area contributed by atoms with Crippen molar-refractivity contribution in [2.75, 3.05) is 0 Å². The molecule has 2 bridgehead atoms. The first-order valence-corrected chi connectivity index (χ1v) is 17.3. The molecule has 0 aromatic rings. The Hall–Kier alpha value is 0.970. The van der Waals surface area contributed by atoms with Crippen LogP contribution in [0.2, 0.25) is 13.9 Å². The number of aliphatic hydroxyl groups is 1. The van der Waals surface area contributed by atoms with Crippen LogP contribution in [0.15, 0.2) is 12.7 Å². The Bertz CT molecular complexity index is 326. The SMILES string of the molecule is C=CC[Te](C)(Br)CC12CCC(CC1O)C2(C)C. The Morgan fingerprint density at radius 1 is 1.53 bits per heavy atom. The third kappa shape index (κ3) is 2.16. The molecule has 4 unspecified atom stereocenters. The molecule has 3 heteroatoms. The molecule has 100 valence electrons. The van der Waals surface area contributed by atoms with Crippen molar-refractivity contribution in [3.63, 3.8) is 0 Å². The number of hydrogen-bond acceptors (Lipinski definition) is 1. The van der Waals surface area contributed by atoms with Gasteiger partial charge in [0, 0.05) is 0 Å². The van der Waals surface area contributed by atoms with Crippen molar-refractivity contribution in [2.45, 2.75) is 53.1 Å². The van der Waals surface area contributed by atoms with Gasteiger partial charge in [0.05, 0.1) is 0 Å². The number of rotatable bonds is 4. The second kappa shape index (κ2) is 4.51. The Kier molecular flexibility index (Phi) is 3.82. The fourth-order valence-electron chi connectivity index (χ4n) is 4.22. The van der Waals surface area contributed by atoms with E-state index in [0.717, 1.165) is 16.8 Å². The second-order valence-corrected chi connectivity index (χ2v) is 25.5. The summed E-state index contributed by atoms with van der Waals surface area (Å²) >= 11 is 2.05. The van der Waals surface area contributed by atoms with Crippen molar-refractivity contribution in [1.29, 1.82) is 0 Å². The molecule has 2 saturated carbocycles. The van der Waals surface area contributed by atoms with Crippen molar-refractivity contribution in [3.8, 4) is 0 Å². The first kappa shape index (κ1) is 14.4. The molecule has 0 saturated heterocycles. The van der Waals surface area contributed by atoms with Gasteiger partial charge in [-0.2, -0.15) is 0 Å². The molecule has 0 heterocycles. The van der Waals surface area contributed by atoms with Crippen LogP contribution in [-0.4, -0.2) is 27.2 Å². The normalized spacial score (nSPS) is 44.3. The van der Waals surface area contributed by atoms with Crippen LogP contribution in [0.1, 0.15) is 33.1 Å². The predicted octanol–water partition coefficient (Wildman–Crippen LogP) is 4.33. The van der Waals surface area contributed by atoms with Gasteiger partial charge in [0.1, 0.15) is 0 Å². The predicted molar refractivity (Wildman–Crippen MR) is 79.9 cm³/mol. The molecule has 17 heavy (non-hydrogen) atoms. The first-order chi connectivity index (χ1) is 7.75. The summed E-state index contributed by atoms with van der Waals surface area (Å²) in [5.74, 6) is 0.743. The Morgan fingerprint density at radius 2 is 2.18 bits per heavy atom. The zero-order valence-electron chi connectivity index (χ0n) is 11.2. The zero-order valence-corrected chi connectivity index (χ0v) is 15.1. The van der Waals surface area contributed by atoms with E-state index in [4.69, 9.17) is 0 Å². The third-order valence-corrected chi connectivity index (χ3v) is 14.6. The van der Waals surface area contributed by atoms with Crippen LogP contribution in [-0.2, 0) is 0 Å². The van der Waals surface area contributed by atoms with E-state index >= 15 is 0 Å². The van der Waals surface area contributed by atoms with E-state index in [1.165, 1.54) is 17.3 Å². The summed E-state index contributed by atoms with van der Waals surface area (Å²) < 4.78 is 2.39. The average molecular weight is 417 g/mol. The van der Waals surface area contributed by atoms with Gasteiger partial charge in [-0.15, -0.1) is 0 Å². The number of fused-ring (bicyclic) bond motifs is 2. The summed E-state index contributed by atoms with van der Waals surface area (Å²) in [6.07, 6.45) is 5.59. The fourth-order valence-corrected chi connectivity index (χ4v) is 15.0. The Morgan fingerprint density at radius 3 is 2.59 bits per heavy atom. The molecule has 2 aliphatic carbocycles. The van der Waals surface area contributed by atoms with Gasteiger partial charge in [0.2, 0.25) is 0 Å². The van der Waals surface area contributed by atoms with Crippen molar-refractivity contribution < 1.29 is 5.11 Å². The Labute approximate surface area is 116 Å². The van der Waals surface area contributed by atoms with Gasteiger partial charge in [0.25, 0.3) is 0 Å². The molecule has 1 nitrogen and oxygen atoms in total. The number of halogens is 1. The van der Waals surface area contributed by atoms with E-state index in [-0.39, 0.29) is 11.5 Å². The van der Waals surface area contributed by atoms with Crippen LogP contribution in [0.3, 0.4) is 0 Å². The molecule has 2 fully saturated rings.